The largest absolute Gasteiger partial charge is 0.326 e. The van der Waals surface area contributed by atoms with Gasteiger partial charge in [-0.2, -0.15) is 0 Å². The van der Waals surface area contributed by atoms with E-state index in [1.54, 1.807) is 5.57 Å². The molecule has 2 heteroatoms. The highest BCUT2D eigenvalue weighted by Crippen LogP contribution is 2.45. The molecular formula is C51H50N2. The van der Waals surface area contributed by atoms with Crippen LogP contribution in [-0.4, -0.2) is 6.72 Å². The predicted octanol–water partition coefficient (Wildman–Crippen LogP) is 12.3. The maximum Gasteiger partial charge on any atom is 0.0658 e. The van der Waals surface area contributed by atoms with E-state index in [-0.39, 0.29) is 5.41 Å². The van der Waals surface area contributed by atoms with E-state index in [0.29, 0.717) is 6.54 Å². The second-order valence-electron chi connectivity index (χ2n) is 14.3. The fourth-order valence-electron chi connectivity index (χ4n) is 7.18. The molecule has 0 fully saturated rings. The van der Waals surface area contributed by atoms with Crippen LogP contribution in [0.3, 0.4) is 0 Å². The predicted molar refractivity (Wildman–Crippen MR) is 228 cm³/mol. The van der Waals surface area contributed by atoms with Crippen LogP contribution in [0.25, 0.3) is 22.4 Å². The van der Waals surface area contributed by atoms with Gasteiger partial charge in [0.15, 0.2) is 0 Å². The summed E-state index contributed by atoms with van der Waals surface area (Å²) in [5.74, 6) is 0. The Kier molecular flexibility index (Phi) is 12.6. The Morgan fingerprint density at radius 3 is 1.96 bits per heavy atom. The first kappa shape index (κ1) is 36.9. The van der Waals surface area contributed by atoms with Crippen LogP contribution in [0, 0.1) is 12.3 Å². The number of aliphatic imine (C=N–C) groups is 1. The van der Waals surface area contributed by atoms with Gasteiger partial charge in [0, 0.05) is 12.1 Å². The van der Waals surface area contributed by atoms with Gasteiger partial charge in [0.25, 0.3) is 0 Å². The topological polar surface area (TPSA) is 38.4 Å². The minimum Gasteiger partial charge on any atom is -0.326 e. The molecule has 0 amide bonds. The molecule has 0 radical (unpaired) electrons. The number of nitrogens with zero attached hydrogens (tertiary/aromatic N) is 1. The normalized spacial score (nSPS) is 15.6. The van der Waals surface area contributed by atoms with E-state index in [0.717, 1.165) is 36.9 Å². The number of allylic oxidation sites excluding steroid dienone is 5. The third-order valence-corrected chi connectivity index (χ3v) is 9.97. The SMILES string of the molecule is C=N/C(=C\Cc1ccc(-c2ccccc2)cc1)c1cccc(CC2(C)C=CC3=C(Cc4ccccc43)C2)c1.Cc1ccccc1.NCc1ccccc1. The van der Waals surface area contributed by atoms with Crippen molar-refractivity contribution < 1.29 is 0 Å². The van der Waals surface area contributed by atoms with Crippen molar-refractivity contribution in [2.75, 3.05) is 0 Å². The summed E-state index contributed by atoms with van der Waals surface area (Å²) in [7, 11) is 0. The number of benzene rings is 6. The van der Waals surface area contributed by atoms with Crippen LogP contribution in [-0.2, 0) is 25.8 Å². The molecule has 264 valence electrons. The molecule has 53 heavy (non-hydrogen) atoms. The summed E-state index contributed by atoms with van der Waals surface area (Å²) in [6.45, 7) is 9.00. The van der Waals surface area contributed by atoms with Gasteiger partial charge in [-0.15, -0.1) is 0 Å². The quantitative estimate of drug-likeness (QED) is 0.159. The Morgan fingerprint density at radius 1 is 0.698 bits per heavy atom. The van der Waals surface area contributed by atoms with Crippen LogP contribution >= 0.6 is 0 Å². The lowest BCUT2D eigenvalue weighted by atomic mass is 9.74. The van der Waals surface area contributed by atoms with Gasteiger partial charge in [0.05, 0.1) is 5.70 Å². The lowest BCUT2D eigenvalue weighted by Gasteiger charge is -2.30. The first-order valence-corrected chi connectivity index (χ1v) is 18.6. The smallest absolute Gasteiger partial charge is 0.0658 e. The standard InChI is InChI=1S/C37H33N.C7H9N.C7H8/c1-37(22-21-35-33(26-37)24-31-12-6-7-14-34(31)35)25-28-9-8-13-32(23-28)36(38-2)20-17-27-15-18-30(19-16-27)29-10-4-3-5-11-29;8-6-7-4-2-1-3-5-7;1-7-5-3-2-4-6-7/h3-16,18-23H,2,17,24-26H2,1H3;1-5H,6,8H2;2-6H,1H3/b36-20-;;. The fourth-order valence-corrected chi connectivity index (χ4v) is 7.18. The first-order valence-electron chi connectivity index (χ1n) is 18.6. The van der Waals surface area contributed by atoms with Crippen molar-refractivity contribution in [1.82, 2.24) is 0 Å². The number of hydrogen-bond acceptors (Lipinski definition) is 2. The second kappa shape index (κ2) is 18.1. The summed E-state index contributed by atoms with van der Waals surface area (Å²) < 4.78 is 0. The van der Waals surface area contributed by atoms with Gasteiger partial charge in [0.1, 0.15) is 0 Å². The van der Waals surface area contributed by atoms with Gasteiger partial charge in [-0.1, -0.05) is 194 Å². The van der Waals surface area contributed by atoms with E-state index in [4.69, 9.17) is 5.73 Å². The van der Waals surface area contributed by atoms with Gasteiger partial charge in [-0.05, 0) is 95.3 Å². The molecule has 6 aromatic rings. The third-order valence-electron chi connectivity index (χ3n) is 9.97. The van der Waals surface area contributed by atoms with Crippen LogP contribution in [0.1, 0.15) is 52.3 Å². The van der Waals surface area contributed by atoms with Crippen LogP contribution in [0.2, 0.25) is 0 Å². The van der Waals surface area contributed by atoms with Gasteiger partial charge in [-0.25, -0.2) is 0 Å². The third kappa shape index (κ3) is 10.2. The molecule has 0 bridgehead atoms. The number of hydrogen-bond donors (Lipinski definition) is 1. The molecule has 2 aliphatic carbocycles. The molecule has 0 spiro atoms. The minimum atomic E-state index is 0.117. The molecule has 0 aliphatic heterocycles. The molecule has 0 saturated heterocycles. The Morgan fingerprint density at radius 2 is 1.32 bits per heavy atom. The molecule has 0 aromatic heterocycles. The lowest BCUT2D eigenvalue weighted by Crippen LogP contribution is -2.20. The zero-order chi connectivity index (χ0) is 36.9. The Labute approximate surface area is 316 Å². The summed E-state index contributed by atoms with van der Waals surface area (Å²) >= 11 is 0. The first-order chi connectivity index (χ1) is 25.9. The minimum absolute atomic E-state index is 0.117. The fraction of sp³-hybridized carbons (Fsp3) is 0.157. The van der Waals surface area contributed by atoms with Crippen molar-refractivity contribution in [2.24, 2.45) is 16.1 Å². The Bertz CT molecular complexity index is 2180. The molecule has 2 nitrogen and oxygen atoms in total. The molecule has 1 unspecified atom stereocenters. The van der Waals surface area contributed by atoms with Crippen LogP contribution in [0.5, 0.6) is 0 Å². The van der Waals surface area contributed by atoms with Gasteiger partial charge in [-0.3, -0.25) is 4.99 Å². The van der Waals surface area contributed by atoms with E-state index in [9.17, 15) is 0 Å². The number of fused-ring (bicyclic) bond motifs is 2. The van der Waals surface area contributed by atoms with Gasteiger partial charge < -0.3 is 5.73 Å². The molecule has 0 saturated carbocycles. The molecular weight excluding hydrogens is 641 g/mol. The Balaban J connectivity index is 0.000000265. The summed E-state index contributed by atoms with van der Waals surface area (Å²) in [5, 5.41) is 0. The van der Waals surface area contributed by atoms with Crippen LogP contribution in [0.4, 0.5) is 0 Å². The van der Waals surface area contributed by atoms with Crippen molar-refractivity contribution in [3.63, 3.8) is 0 Å². The highest BCUT2D eigenvalue weighted by molar-refractivity contribution is 5.84. The average Bonchev–Trinajstić information content (AvgIpc) is 3.57. The highest BCUT2D eigenvalue weighted by Gasteiger charge is 2.31. The van der Waals surface area contributed by atoms with E-state index in [1.807, 2.05) is 48.5 Å². The summed E-state index contributed by atoms with van der Waals surface area (Å²) in [6.07, 6.45) is 11.0. The highest BCUT2D eigenvalue weighted by atomic mass is 14.7. The summed E-state index contributed by atoms with van der Waals surface area (Å²) in [5.41, 5.74) is 21.1. The molecule has 1 atom stereocenters. The monoisotopic (exact) mass is 690 g/mol. The Hall–Kier alpha value is -5.83. The van der Waals surface area contributed by atoms with Crippen LogP contribution < -0.4 is 5.73 Å². The van der Waals surface area contributed by atoms with Crippen molar-refractivity contribution >= 4 is 18.0 Å². The summed E-state index contributed by atoms with van der Waals surface area (Å²) in [4.78, 5) is 4.40. The van der Waals surface area contributed by atoms with E-state index < -0.39 is 0 Å². The lowest BCUT2D eigenvalue weighted by molar-refractivity contribution is 0.415. The second-order valence-corrected chi connectivity index (χ2v) is 14.3. The molecule has 2 N–H and O–H groups in total. The zero-order valence-electron chi connectivity index (χ0n) is 31.1. The average molecular weight is 691 g/mol. The molecule has 6 aromatic carbocycles. The number of rotatable bonds is 8. The maximum absolute atomic E-state index is 5.35. The zero-order valence-corrected chi connectivity index (χ0v) is 31.1. The van der Waals surface area contributed by atoms with E-state index in [1.165, 1.54) is 50.1 Å². The number of nitrogens with two attached hydrogens (primary N) is 1. The van der Waals surface area contributed by atoms with E-state index >= 15 is 0 Å². The van der Waals surface area contributed by atoms with Gasteiger partial charge >= 0.3 is 0 Å². The summed E-state index contributed by atoms with van der Waals surface area (Å²) in [6, 6.07) is 57.3. The number of aryl methyl sites for hydroxylation is 1. The van der Waals surface area contributed by atoms with Crippen LogP contribution in [0.15, 0.2) is 193 Å². The molecule has 2 aliphatic rings. The molecule has 8 rings (SSSR count). The van der Waals surface area contributed by atoms with E-state index in [2.05, 4.69) is 159 Å². The maximum atomic E-state index is 5.35. The molecule has 0 heterocycles. The van der Waals surface area contributed by atoms with Crippen molar-refractivity contribution in [3.05, 3.63) is 227 Å². The van der Waals surface area contributed by atoms with Crippen molar-refractivity contribution in [1.29, 1.82) is 0 Å². The van der Waals surface area contributed by atoms with Crippen molar-refractivity contribution in [3.8, 4) is 11.1 Å². The van der Waals surface area contributed by atoms with Gasteiger partial charge in [0.2, 0.25) is 0 Å². The van der Waals surface area contributed by atoms with Crippen molar-refractivity contribution in [2.45, 2.75) is 46.1 Å².